The van der Waals surface area contributed by atoms with Crippen molar-refractivity contribution in [3.05, 3.63) is 248 Å². The molecule has 0 N–H and O–H groups in total. The molecule has 12 aromatic rings. The Hall–Kier alpha value is -8.46. The van der Waals surface area contributed by atoms with E-state index in [1.54, 1.807) is 0 Å². The molecule has 348 valence electrons. The lowest BCUT2D eigenvalue weighted by Gasteiger charge is -2.31. The second kappa shape index (κ2) is 17.7. The third kappa shape index (κ3) is 8.04. The lowest BCUT2D eigenvalue weighted by Crippen LogP contribution is -2.16. The summed E-state index contributed by atoms with van der Waals surface area (Å²) in [6, 6.07) is 87.1. The number of para-hydroxylation sites is 2. The molecular weight excluding hydrogens is 871 g/mol. The van der Waals surface area contributed by atoms with Crippen molar-refractivity contribution in [3.8, 4) is 55.6 Å². The van der Waals surface area contributed by atoms with Gasteiger partial charge in [0.2, 0.25) is 0 Å². The second-order valence-electron chi connectivity index (χ2n) is 21.3. The topological polar surface area (TPSA) is 16.4 Å². The van der Waals surface area contributed by atoms with Crippen molar-refractivity contribution in [2.24, 2.45) is 0 Å². The van der Waals surface area contributed by atoms with Gasteiger partial charge in [0.15, 0.2) is 0 Å². The van der Waals surface area contributed by atoms with Gasteiger partial charge in [-0.3, -0.25) is 0 Å². The number of benzene rings is 11. The van der Waals surface area contributed by atoms with Crippen molar-refractivity contribution in [2.75, 3.05) is 4.90 Å². The lowest BCUT2D eigenvalue weighted by molar-refractivity contribution is 0.569. The highest BCUT2D eigenvalue weighted by molar-refractivity contribution is 6.13. The van der Waals surface area contributed by atoms with Crippen LogP contribution in [0.15, 0.2) is 241 Å². The highest BCUT2D eigenvalue weighted by atomic mass is 16.3. The predicted molar refractivity (Wildman–Crippen MR) is 308 cm³/mol. The summed E-state index contributed by atoms with van der Waals surface area (Å²) in [5.41, 5.74) is 19.2. The zero-order valence-corrected chi connectivity index (χ0v) is 41.9. The fourth-order valence-corrected chi connectivity index (χ4v) is 10.8. The van der Waals surface area contributed by atoms with E-state index in [0.717, 1.165) is 72.4 Å². The second-order valence-corrected chi connectivity index (χ2v) is 21.3. The molecule has 0 unspecified atom stereocenters. The van der Waals surface area contributed by atoms with Crippen LogP contribution in [0.4, 0.5) is 17.1 Å². The molecule has 1 heterocycles. The summed E-state index contributed by atoms with van der Waals surface area (Å²) in [6.45, 7) is 13.9. The van der Waals surface area contributed by atoms with E-state index in [1.807, 2.05) is 6.07 Å². The van der Waals surface area contributed by atoms with Crippen molar-refractivity contribution in [3.63, 3.8) is 0 Å². The van der Waals surface area contributed by atoms with Crippen molar-refractivity contribution in [2.45, 2.75) is 52.4 Å². The number of fused-ring (bicyclic) bond motifs is 5. The van der Waals surface area contributed by atoms with Gasteiger partial charge >= 0.3 is 0 Å². The summed E-state index contributed by atoms with van der Waals surface area (Å²) in [7, 11) is 0. The fourth-order valence-electron chi connectivity index (χ4n) is 10.8. The molecule has 12 rings (SSSR count). The van der Waals surface area contributed by atoms with E-state index in [-0.39, 0.29) is 10.8 Å². The Labute approximate surface area is 423 Å². The van der Waals surface area contributed by atoms with Crippen molar-refractivity contribution in [1.29, 1.82) is 0 Å². The number of rotatable bonds is 8. The summed E-state index contributed by atoms with van der Waals surface area (Å²) in [6.07, 6.45) is 0. The summed E-state index contributed by atoms with van der Waals surface area (Å²) in [5, 5.41) is 7.11. The van der Waals surface area contributed by atoms with Crippen LogP contribution in [0.5, 0.6) is 0 Å². The quantitative estimate of drug-likeness (QED) is 0.151. The van der Waals surface area contributed by atoms with Crippen LogP contribution in [0, 0.1) is 0 Å². The van der Waals surface area contributed by atoms with Crippen LogP contribution in [0.25, 0.3) is 99.1 Å². The molecular formula is C70H57NO. The van der Waals surface area contributed by atoms with Crippen LogP contribution >= 0.6 is 0 Å². The molecule has 72 heavy (non-hydrogen) atoms. The monoisotopic (exact) mass is 927 g/mol. The van der Waals surface area contributed by atoms with E-state index in [2.05, 4.69) is 277 Å². The third-order valence-corrected chi connectivity index (χ3v) is 14.6. The minimum atomic E-state index is -0.0294. The molecule has 0 fully saturated rings. The molecule has 0 saturated heterocycles. The lowest BCUT2D eigenvalue weighted by atomic mass is 9.78. The highest BCUT2D eigenvalue weighted by Crippen LogP contribution is 2.50. The molecule has 0 radical (unpaired) electrons. The first kappa shape index (κ1) is 44.7. The van der Waals surface area contributed by atoms with Gasteiger partial charge in [0.25, 0.3) is 0 Å². The Bertz CT molecular complexity index is 3970. The molecule has 0 aliphatic rings. The van der Waals surface area contributed by atoms with Gasteiger partial charge in [-0.15, -0.1) is 0 Å². The van der Waals surface area contributed by atoms with Gasteiger partial charge in [0, 0.05) is 27.6 Å². The molecule has 1 aromatic heterocycles. The minimum Gasteiger partial charge on any atom is -0.456 e. The summed E-state index contributed by atoms with van der Waals surface area (Å²) >= 11 is 0. The van der Waals surface area contributed by atoms with Gasteiger partial charge in [0.1, 0.15) is 11.2 Å². The average Bonchev–Trinajstić information content (AvgIpc) is 3.79. The molecule has 0 aliphatic carbocycles. The summed E-state index contributed by atoms with van der Waals surface area (Å²) in [4.78, 5) is 2.52. The van der Waals surface area contributed by atoms with Crippen LogP contribution in [0.2, 0.25) is 0 Å². The van der Waals surface area contributed by atoms with Crippen LogP contribution in [-0.4, -0.2) is 0 Å². The first-order valence-electron chi connectivity index (χ1n) is 25.2. The van der Waals surface area contributed by atoms with Gasteiger partial charge in [-0.25, -0.2) is 0 Å². The van der Waals surface area contributed by atoms with Gasteiger partial charge in [-0.05, 0) is 124 Å². The maximum atomic E-state index is 6.46. The molecule has 0 aliphatic heterocycles. The van der Waals surface area contributed by atoms with E-state index in [1.165, 1.54) is 54.9 Å². The van der Waals surface area contributed by atoms with Crippen LogP contribution in [0.1, 0.15) is 52.7 Å². The predicted octanol–water partition coefficient (Wildman–Crippen LogP) is 20.3. The van der Waals surface area contributed by atoms with Crippen LogP contribution in [0.3, 0.4) is 0 Å². The van der Waals surface area contributed by atoms with Crippen LogP contribution in [-0.2, 0) is 10.8 Å². The minimum absolute atomic E-state index is 0.0294. The summed E-state index contributed by atoms with van der Waals surface area (Å²) < 4.78 is 6.46. The van der Waals surface area contributed by atoms with Gasteiger partial charge in [-0.1, -0.05) is 242 Å². The van der Waals surface area contributed by atoms with Gasteiger partial charge in [-0.2, -0.15) is 0 Å². The van der Waals surface area contributed by atoms with Crippen LogP contribution < -0.4 is 4.90 Å². The first-order valence-corrected chi connectivity index (χ1v) is 25.2. The van der Waals surface area contributed by atoms with E-state index >= 15 is 0 Å². The van der Waals surface area contributed by atoms with Gasteiger partial charge in [0.05, 0.1) is 11.4 Å². The number of hydrogen-bond donors (Lipinski definition) is 0. The Kier molecular flexibility index (Phi) is 11.0. The highest BCUT2D eigenvalue weighted by Gasteiger charge is 2.26. The number of furan rings is 1. The fraction of sp³-hybridized carbons (Fsp3) is 0.114. The molecule has 2 nitrogen and oxygen atoms in total. The maximum Gasteiger partial charge on any atom is 0.136 e. The molecule has 11 aromatic carbocycles. The van der Waals surface area contributed by atoms with E-state index in [4.69, 9.17) is 4.42 Å². The van der Waals surface area contributed by atoms with E-state index in [9.17, 15) is 0 Å². The SMILES string of the molecule is CC(C)(C)c1cc(-c2cccc3cccc(-c4ccccc4N(c4cccc(-c5cccc6oc7ccccc7c56)c4)c4cc(-c5cccc6ccccc56)ccc4-c4ccccc4)c23)cc(C(C)(C)C)c1. The summed E-state index contributed by atoms with van der Waals surface area (Å²) in [5.74, 6) is 0. The van der Waals surface area contributed by atoms with Crippen molar-refractivity contribution in [1.82, 2.24) is 0 Å². The Morgan fingerprint density at radius 2 is 0.847 bits per heavy atom. The number of hydrogen-bond acceptors (Lipinski definition) is 2. The zero-order chi connectivity index (χ0) is 49.1. The Balaban J connectivity index is 1.15. The van der Waals surface area contributed by atoms with Crippen molar-refractivity contribution < 1.29 is 4.42 Å². The zero-order valence-electron chi connectivity index (χ0n) is 41.9. The Morgan fingerprint density at radius 1 is 0.306 bits per heavy atom. The Morgan fingerprint density at radius 3 is 1.61 bits per heavy atom. The molecule has 0 saturated carbocycles. The van der Waals surface area contributed by atoms with Crippen molar-refractivity contribution >= 4 is 60.5 Å². The molecule has 0 spiro atoms. The van der Waals surface area contributed by atoms with Gasteiger partial charge < -0.3 is 9.32 Å². The average molecular weight is 928 g/mol. The third-order valence-electron chi connectivity index (χ3n) is 14.6. The number of anilines is 3. The standard InChI is InChI=1S/C70H57NO/c1-69(2,3)52-41-51(42-53(45-52)70(4,5)6)59-33-18-25-48-26-19-35-61(67(48)59)60-30-12-14-36-63(60)71(54-28-16-27-49(43-54)58-34-20-38-66-68(58)62-31-13-15-37-65(62)72-66)64-44-50(39-40-57(64)47-21-8-7-9-22-47)56-32-17-24-46-23-10-11-29-55(46)56/h7-45H,1-6H3. The van der Waals surface area contributed by atoms with E-state index < -0.39 is 0 Å². The molecule has 0 atom stereocenters. The maximum absolute atomic E-state index is 6.46. The van der Waals surface area contributed by atoms with E-state index in [0.29, 0.717) is 0 Å². The smallest absolute Gasteiger partial charge is 0.136 e. The molecule has 0 amide bonds. The molecule has 0 bridgehead atoms. The molecule has 2 heteroatoms. The largest absolute Gasteiger partial charge is 0.456 e. The number of nitrogens with zero attached hydrogens (tertiary/aromatic N) is 1. The normalized spacial score (nSPS) is 12.0. The first-order chi connectivity index (χ1) is 35.0.